The topological polar surface area (TPSA) is 6.48 Å². The van der Waals surface area contributed by atoms with E-state index in [-0.39, 0.29) is 0 Å². The van der Waals surface area contributed by atoms with Crippen LogP contribution >= 0.6 is 0 Å². The second-order valence-corrected chi connectivity index (χ2v) is 11.3. The monoisotopic (exact) mass is 504 g/mol. The smallest absolute Gasteiger partial charge is 0.0904 e. The van der Waals surface area contributed by atoms with Gasteiger partial charge in [0.05, 0.1) is 6.67 Å². The Balaban J connectivity index is 2.12. The highest BCUT2D eigenvalue weighted by atomic mass is 15.4. The highest BCUT2D eigenvalue weighted by Crippen LogP contribution is 2.44. The fourth-order valence-electron chi connectivity index (χ4n) is 7.08. The van der Waals surface area contributed by atoms with E-state index in [4.69, 9.17) is 0 Å². The summed E-state index contributed by atoms with van der Waals surface area (Å²) in [6.07, 6.45) is 9.70. The van der Waals surface area contributed by atoms with Crippen LogP contribution < -0.4 is 9.80 Å². The Bertz CT molecular complexity index is 810. The predicted molar refractivity (Wildman–Crippen MR) is 166 cm³/mol. The molecule has 0 spiro atoms. The molecule has 1 fully saturated rings. The summed E-state index contributed by atoms with van der Waals surface area (Å²) >= 11 is 0. The van der Waals surface area contributed by atoms with Crippen molar-refractivity contribution < 1.29 is 0 Å². The third-order valence-electron chi connectivity index (χ3n) is 9.51. The van der Waals surface area contributed by atoms with Crippen molar-refractivity contribution in [3.05, 3.63) is 58.7 Å². The molecule has 0 aromatic heterocycles. The van der Waals surface area contributed by atoms with E-state index >= 15 is 0 Å². The Morgan fingerprint density at radius 3 is 0.919 bits per heavy atom. The first-order chi connectivity index (χ1) is 18.0. The lowest BCUT2D eigenvalue weighted by Gasteiger charge is -2.33. The molecule has 0 N–H and O–H groups in total. The van der Waals surface area contributed by atoms with Gasteiger partial charge in [-0.25, -0.2) is 0 Å². The van der Waals surface area contributed by atoms with Gasteiger partial charge in [-0.1, -0.05) is 91.8 Å². The molecule has 37 heavy (non-hydrogen) atoms. The van der Waals surface area contributed by atoms with Gasteiger partial charge in [0.1, 0.15) is 0 Å². The number of anilines is 2. The maximum atomic E-state index is 2.75. The van der Waals surface area contributed by atoms with Crippen molar-refractivity contribution in [1.29, 1.82) is 0 Å². The highest BCUT2D eigenvalue weighted by molar-refractivity contribution is 5.68. The normalized spacial score (nSPS) is 14.3. The van der Waals surface area contributed by atoms with Crippen LogP contribution in [0.2, 0.25) is 0 Å². The number of para-hydroxylation sites is 2. The minimum absolute atomic E-state index is 0.635. The van der Waals surface area contributed by atoms with Crippen LogP contribution in [0.5, 0.6) is 0 Å². The second kappa shape index (κ2) is 14.3. The fraction of sp³-hybridized carbons (Fsp3) is 0.657. The summed E-state index contributed by atoms with van der Waals surface area (Å²) in [4.78, 5) is 5.50. The number of hydrogen-bond acceptors (Lipinski definition) is 2. The molecule has 2 heteroatoms. The zero-order chi connectivity index (χ0) is 26.9. The van der Waals surface area contributed by atoms with Crippen molar-refractivity contribution in [2.45, 2.75) is 130 Å². The van der Waals surface area contributed by atoms with E-state index in [0.29, 0.717) is 23.7 Å². The fourth-order valence-corrected chi connectivity index (χ4v) is 7.08. The number of nitrogens with zero attached hydrogens (tertiary/aromatic N) is 2. The third kappa shape index (κ3) is 6.21. The van der Waals surface area contributed by atoms with Crippen molar-refractivity contribution in [3.63, 3.8) is 0 Å². The van der Waals surface area contributed by atoms with Crippen molar-refractivity contribution in [2.24, 2.45) is 0 Å². The lowest BCUT2D eigenvalue weighted by atomic mass is 9.85. The van der Waals surface area contributed by atoms with E-state index in [2.05, 4.69) is 102 Å². The van der Waals surface area contributed by atoms with Gasteiger partial charge in [0.25, 0.3) is 0 Å². The average Bonchev–Trinajstić information content (AvgIpc) is 3.41. The quantitative estimate of drug-likeness (QED) is 0.252. The molecule has 0 bridgehead atoms. The number of hydrogen-bond donors (Lipinski definition) is 0. The molecule has 3 rings (SSSR count). The molecule has 1 aliphatic rings. The van der Waals surface area contributed by atoms with Gasteiger partial charge in [-0.05, 0) is 97.3 Å². The van der Waals surface area contributed by atoms with Gasteiger partial charge in [-0.15, -0.1) is 0 Å². The van der Waals surface area contributed by atoms with Crippen molar-refractivity contribution in [1.82, 2.24) is 0 Å². The van der Waals surface area contributed by atoms with Gasteiger partial charge in [-0.2, -0.15) is 0 Å². The molecule has 0 unspecified atom stereocenters. The molecule has 206 valence electrons. The van der Waals surface area contributed by atoms with Gasteiger partial charge >= 0.3 is 0 Å². The lowest BCUT2D eigenvalue weighted by Crippen LogP contribution is -2.29. The maximum Gasteiger partial charge on any atom is 0.0904 e. The van der Waals surface area contributed by atoms with Crippen LogP contribution in [0.1, 0.15) is 153 Å². The van der Waals surface area contributed by atoms with Crippen LogP contribution in [-0.2, 0) is 0 Å². The molecule has 2 nitrogen and oxygen atoms in total. The minimum atomic E-state index is 0.635. The molecular weight excluding hydrogens is 448 g/mol. The average molecular weight is 505 g/mol. The molecule has 1 saturated heterocycles. The van der Waals surface area contributed by atoms with Gasteiger partial charge in [0.15, 0.2) is 0 Å². The van der Waals surface area contributed by atoms with Crippen molar-refractivity contribution in [3.8, 4) is 0 Å². The van der Waals surface area contributed by atoms with E-state index in [1.165, 1.54) is 51.4 Å². The van der Waals surface area contributed by atoms with E-state index in [1.807, 2.05) is 0 Å². The summed E-state index contributed by atoms with van der Waals surface area (Å²) in [5, 5.41) is 0. The summed E-state index contributed by atoms with van der Waals surface area (Å²) in [7, 11) is 0. The van der Waals surface area contributed by atoms with Crippen LogP contribution in [-0.4, -0.2) is 19.8 Å². The predicted octanol–water partition coefficient (Wildman–Crippen LogP) is 10.6. The molecule has 2 aromatic rings. The Hall–Kier alpha value is -1.96. The first-order valence-electron chi connectivity index (χ1n) is 15.8. The first-order valence-corrected chi connectivity index (χ1v) is 15.8. The van der Waals surface area contributed by atoms with Crippen LogP contribution in [0.4, 0.5) is 11.4 Å². The Kier molecular flexibility index (Phi) is 11.4. The summed E-state index contributed by atoms with van der Waals surface area (Å²) < 4.78 is 0. The Labute approximate surface area is 229 Å². The Morgan fingerprint density at radius 1 is 0.459 bits per heavy atom. The summed E-state index contributed by atoms with van der Waals surface area (Å²) in [6.45, 7) is 22.2. The SMILES string of the molecule is CCC(CC)c1cccc(C(CC)CC)c1N1CCN(c2c(C(CC)CC)cccc2C(CC)CC)C1. The van der Waals surface area contributed by atoms with Crippen LogP contribution in [0.3, 0.4) is 0 Å². The van der Waals surface area contributed by atoms with Crippen molar-refractivity contribution in [2.75, 3.05) is 29.6 Å². The van der Waals surface area contributed by atoms with E-state index < -0.39 is 0 Å². The molecule has 0 atom stereocenters. The molecule has 0 radical (unpaired) electrons. The van der Waals surface area contributed by atoms with Gasteiger partial charge in [-0.3, -0.25) is 0 Å². The molecule has 1 aliphatic heterocycles. The molecule has 0 aliphatic carbocycles. The third-order valence-corrected chi connectivity index (χ3v) is 9.51. The van der Waals surface area contributed by atoms with E-state index in [1.54, 1.807) is 33.6 Å². The molecular formula is C35H56N2. The van der Waals surface area contributed by atoms with E-state index in [0.717, 1.165) is 19.8 Å². The van der Waals surface area contributed by atoms with Crippen LogP contribution in [0.15, 0.2) is 36.4 Å². The highest BCUT2D eigenvalue weighted by Gasteiger charge is 2.31. The number of rotatable bonds is 14. The zero-order valence-corrected chi connectivity index (χ0v) is 25.4. The van der Waals surface area contributed by atoms with Gasteiger partial charge in [0, 0.05) is 24.5 Å². The number of benzene rings is 2. The summed E-state index contributed by atoms with van der Waals surface area (Å²) in [5.74, 6) is 2.54. The largest absolute Gasteiger partial charge is 0.352 e. The standard InChI is InChI=1S/C35H56N2/c1-9-26(10-2)30-19-17-20-31(27(11-3)12-4)34(30)36-23-24-37(25-36)35-32(28(13-5)14-6)21-18-22-33(35)29(15-7)16-8/h17-22,26-29H,9-16,23-25H2,1-8H3. The van der Waals surface area contributed by atoms with Gasteiger partial charge in [0.2, 0.25) is 0 Å². The van der Waals surface area contributed by atoms with Crippen LogP contribution in [0, 0.1) is 0 Å². The van der Waals surface area contributed by atoms with Gasteiger partial charge < -0.3 is 9.80 Å². The molecule has 2 aromatic carbocycles. The van der Waals surface area contributed by atoms with Crippen molar-refractivity contribution >= 4 is 11.4 Å². The Morgan fingerprint density at radius 2 is 0.703 bits per heavy atom. The minimum Gasteiger partial charge on any atom is -0.352 e. The molecule has 1 heterocycles. The lowest BCUT2D eigenvalue weighted by molar-refractivity contribution is 0.618. The molecule has 0 amide bonds. The summed E-state index contributed by atoms with van der Waals surface area (Å²) in [5.41, 5.74) is 9.48. The first kappa shape index (κ1) is 29.6. The van der Waals surface area contributed by atoms with Crippen LogP contribution in [0.25, 0.3) is 0 Å². The van der Waals surface area contributed by atoms with E-state index in [9.17, 15) is 0 Å². The molecule has 0 saturated carbocycles. The maximum absolute atomic E-state index is 2.75. The summed E-state index contributed by atoms with van der Waals surface area (Å²) in [6, 6.07) is 14.4. The second-order valence-electron chi connectivity index (χ2n) is 11.3. The zero-order valence-electron chi connectivity index (χ0n) is 25.4.